The third-order valence-electron chi connectivity index (χ3n) is 5.38. The summed E-state index contributed by atoms with van der Waals surface area (Å²) in [7, 11) is 0. The number of nitro benzene ring substituents is 1. The van der Waals surface area contributed by atoms with Gasteiger partial charge in [0, 0.05) is 51.3 Å². The number of nitro groups is 1. The van der Waals surface area contributed by atoms with E-state index in [0.717, 1.165) is 0 Å². The van der Waals surface area contributed by atoms with Gasteiger partial charge in [0.05, 0.1) is 11.5 Å². The highest BCUT2D eigenvalue weighted by Gasteiger charge is 2.32. The minimum Gasteiger partial charge on any atom is -0.450 e. The Morgan fingerprint density at radius 1 is 1.07 bits per heavy atom. The van der Waals surface area contributed by atoms with E-state index in [9.17, 15) is 19.7 Å². The van der Waals surface area contributed by atoms with E-state index in [1.54, 1.807) is 30.0 Å². The minimum atomic E-state index is -0.365. The Labute approximate surface area is 164 Å². The van der Waals surface area contributed by atoms with Gasteiger partial charge < -0.3 is 19.4 Å². The maximum Gasteiger partial charge on any atom is 0.409 e. The molecule has 9 heteroatoms. The molecule has 3 rings (SSSR count). The fourth-order valence-electron chi connectivity index (χ4n) is 3.84. The van der Waals surface area contributed by atoms with Crippen LogP contribution in [0.5, 0.6) is 0 Å². The minimum absolute atomic E-state index is 0.0758. The SMILES string of the molecule is CCOC(=O)N1CCN(C(=O)C2CCN(c3ccccc3[N+](=O)[O-])CC2)CC1. The molecule has 2 aliphatic heterocycles. The van der Waals surface area contributed by atoms with Gasteiger partial charge in [-0.3, -0.25) is 14.9 Å². The van der Waals surface area contributed by atoms with Crippen molar-refractivity contribution >= 4 is 23.4 Å². The van der Waals surface area contributed by atoms with E-state index in [1.807, 2.05) is 9.80 Å². The van der Waals surface area contributed by atoms with Crippen LogP contribution < -0.4 is 4.90 Å². The van der Waals surface area contributed by atoms with Crippen LogP contribution in [0.3, 0.4) is 0 Å². The van der Waals surface area contributed by atoms with Gasteiger partial charge in [0.25, 0.3) is 5.69 Å². The average molecular weight is 390 g/mol. The summed E-state index contributed by atoms with van der Waals surface area (Å²) >= 11 is 0. The number of carbonyl (C=O) groups is 2. The largest absolute Gasteiger partial charge is 0.450 e. The van der Waals surface area contributed by atoms with Gasteiger partial charge in [0.2, 0.25) is 5.91 Å². The third kappa shape index (κ3) is 4.35. The standard InChI is InChI=1S/C19H26N4O5/c1-2-28-19(25)22-13-11-21(12-14-22)18(24)15-7-9-20(10-8-15)16-5-3-4-6-17(16)23(26)27/h3-6,15H,2,7-14H2,1H3. The molecule has 2 fully saturated rings. The maximum absolute atomic E-state index is 12.8. The van der Waals surface area contributed by atoms with Gasteiger partial charge in [-0.1, -0.05) is 12.1 Å². The first kappa shape index (κ1) is 19.9. The highest BCUT2D eigenvalue weighted by Crippen LogP contribution is 2.31. The summed E-state index contributed by atoms with van der Waals surface area (Å²) in [4.78, 5) is 40.9. The number of piperazine rings is 1. The van der Waals surface area contributed by atoms with Crippen molar-refractivity contribution < 1.29 is 19.2 Å². The van der Waals surface area contributed by atoms with E-state index in [4.69, 9.17) is 4.74 Å². The Morgan fingerprint density at radius 3 is 2.29 bits per heavy atom. The Balaban J connectivity index is 1.52. The lowest BCUT2D eigenvalue weighted by atomic mass is 9.94. The molecule has 2 aliphatic rings. The zero-order valence-electron chi connectivity index (χ0n) is 16.1. The number of hydrogen-bond donors (Lipinski definition) is 0. The molecule has 0 aliphatic carbocycles. The topological polar surface area (TPSA) is 96.2 Å². The fourth-order valence-corrected chi connectivity index (χ4v) is 3.84. The summed E-state index contributed by atoms with van der Waals surface area (Å²) in [6.07, 6.45) is 1.01. The zero-order chi connectivity index (χ0) is 20.1. The van der Waals surface area contributed by atoms with Crippen molar-refractivity contribution in [2.24, 2.45) is 5.92 Å². The molecule has 2 heterocycles. The summed E-state index contributed by atoms with van der Waals surface area (Å²) in [6, 6.07) is 6.72. The normalized spacial score (nSPS) is 18.1. The Bertz CT molecular complexity index is 725. The molecule has 152 valence electrons. The maximum atomic E-state index is 12.8. The molecule has 0 atom stereocenters. The van der Waals surface area contributed by atoms with E-state index in [0.29, 0.717) is 64.4 Å². The van der Waals surface area contributed by atoms with Crippen molar-refractivity contribution in [2.75, 3.05) is 50.8 Å². The quantitative estimate of drug-likeness (QED) is 0.577. The molecule has 0 spiro atoms. The van der Waals surface area contributed by atoms with Crippen molar-refractivity contribution in [1.82, 2.24) is 9.80 Å². The number of rotatable bonds is 4. The smallest absolute Gasteiger partial charge is 0.409 e. The molecular formula is C19H26N4O5. The first-order valence-electron chi connectivity index (χ1n) is 9.70. The van der Waals surface area contributed by atoms with Crippen molar-refractivity contribution in [3.8, 4) is 0 Å². The predicted molar refractivity (Wildman–Crippen MR) is 103 cm³/mol. The van der Waals surface area contributed by atoms with Gasteiger partial charge in [-0.05, 0) is 25.8 Å². The molecule has 0 saturated carbocycles. The van der Waals surface area contributed by atoms with Crippen LogP contribution in [0.2, 0.25) is 0 Å². The third-order valence-corrected chi connectivity index (χ3v) is 5.38. The van der Waals surface area contributed by atoms with Gasteiger partial charge >= 0.3 is 6.09 Å². The lowest BCUT2D eigenvalue weighted by Crippen LogP contribution is -2.53. The van der Waals surface area contributed by atoms with Crippen molar-refractivity contribution in [3.63, 3.8) is 0 Å². The molecule has 0 unspecified atom stereocenters. The molecule has 0 bridgehead atoms. The molecule has 9 nitrogen and oxygen atoms in total. The number of piperidine rings is 1. The molecule has 28 heavy (non-hydrogen) atoms. The summed E-state index contributed by atoms with van der Waals surface area (Å²) in [5.41, 5.74) is 0.712. The van der Waals surface area contributed by atoms with Gasteiger partial charge in [-0.25, -0.2) is 4.79 Å². The van der Waals surface area contributed by atoms with Crippen LogP contribution in [0.4, 0.5) is 16.2 Å². The second-order valence-corrected chi connectivity index (χ2v) is 7.02. The first-order chi connectivity index (χ1) is 13.5. The van der Waals surface area contributed by atoms with Crippen LogP contribution in [0.1, 0.15) is 19.8 Å². The van der Waals surface area contributed by atoms with Gasteiger partial charge in [0.15, 0.2) is 0 Å². The van der Waals surface area contributed by atoms with Crippen LogP contribution in [-0.2, 0) is 9.53 Å². The van der Waals surface area contributed by atoms with Crippen molar-refractivity contribution in [2.45, 2.75) is 19.8 Å². The summed E-state index contributed by atoms with van der Waals surface area (Å²) < 4.78 is 5.00. The monoisotopic (exact) mass is 390 g/mol. The van der Waals surface area contributed by atoms with Crippen LogP contribution >= 0.6 is 0 Å². The second kappa shape index (κ2) is 8.90. The summed E-state index contributed by atoms with van der Waals surface area (Å²) in [5.74, 6) is 0.0406. The first-order valence-corrected chi connectivity index (χ1v) is 9.70. The summed E-state index contributed by atoms with van der Waals surface area (Å²) in [5, 5.41) is 11.2. The molecule has 1 aromatic carbocycles. The fraction of sp³-hybridized carbons (Fsp3) is 0.579. The summed E-state index contributed by atoms with van der Waals surface area (Å²) in [6.45, 7) is 5.35. The second-order valence-electron chi connectivity index (χ2n) is 7.02. The average Bonchev–Trinajstić information content (AvgIpc) is 2.73. The van der Waals surface area contributed by atoms with E-state index in [2.05, 4.69) is 0 Å². The molecular weight excluding hydrogens is 364 g/mol. The number of anilines is 1. The molecule has 2 amide bonds. The van der Waals surface area contributed by atoms with E-state index in [-0.39, 0.29) is 28.5 Å². The molecule has 0 aromatic heterocycles. The number of hydrogen-bond acceptors (Lipinski definition) is 6. The van der Waals surface area contributed by atoms with E-state index in [1.165, 1.54) is 6.07 Å². The van der Waals surface area contributed by atoms with Gasteiger partial charge in [-0.2, -0.15) is 0 Å². The lowest BCUT2D eigenvalue weighted by Gasteiger charge is -2.38. The Kier molecular flexibility index (Phi) is 6.33. The molecule has 0 N–H and O–H groups in total. The number of amides is 2. The highest BCUT2D eigenvalue weighted by atomic mass is 16.6. The van der Waals surface area contributed by atoms with E-state index >= 15 is 0 Å². The highest BCUT2D eigenvalue weighted by molar-refractivity contribution is 5.80. The van der Waals surface area contributed by atoms with Gasteiger partial charge in [0.1, 0.15) is 5.69 Å². The molecule has 1 aromatic rings. The van der Waals surface area contributed by atoms with Crippen LogP contribution in [-0.4, -0.2) is 72.6 Å². The van der Waals surface area contributed by atoms with E-state index < -0.39 is 0 Å². The van der Waals surface area contributed by atoms with Gasteiger partial charge in [-0.15, -0.1) is 0 Å². The Morgan fingerprint density at radius 2 is 1.68 bits per heavy atom. The van der Waals surface area contributed by atoms with Crippen LogP contribution in [0.25, 0.3) is 0 Å². The number of benzene rings is 1. The van der Waals surface area contributed by atoms with Crippen molar-refractivity contribution in [1.29, 1.82) is 0 Å². The Hall–Kier alpha value is -2.84. The lowest BCUT2D eigenvalue weighted by molar-refractivity contribution is -0.384. The zero-order valence-corrected chi connectivity index (χ0v) is 16.1. The predicted octanol–water partition coefficient (Wildman–Crippen LogP) is 2.11. The van der Waals surface area contributed by atoms with Crippen LogP contribution in [0, 0.1) is 16.0 Å². The number of carbonyl (C=O) groups excluding carboxylic acids is 2. The molecule has 2 saturated heterocycles. The van der Waals surface area contributed by atoms with Crippen molar-refractivity contribution in [3.05, 3.63) is 34.4 Å². The number of ether oxygens (including phenoxy) is 1. The number of para-hydroxylation sites is 2. The van der Waals surface area contributed by atoms with Crippen LogP contribution in [0.15, 0.2) is 24.3 Å². The molecule has 0 radical (unpaired) electrons. The number of nitrogens with zero attached hydrogens (tertiary/aromatic N) is 4.